The van der Waals surface area contributed by atoms with E-state index in [1.807, 2.05) is 69.6 Å². The summed E-state index contributed by atoms with van der Waals surface area (Å²) in [6, 6.07) is 18.1. The summed E-state index contributed by atoms with van der Waals surface area (Å²) in [7, 11) is 0. The van der Waals surface area contributed by atoms with E-state index >= 15 is 0 Å². The van der Waals surface area contributed by atoms with Gasteiger partial charge in [0.1, 0.15) is 12.1 Å². The summed E-state index contributed by atoms with van der Waals surface area (Å²) in [4.78, 5) is 80.8. The van der Waals surface area contributed by atoms with E-state index in [1.165, 1.54) is 4.90 Å². The molecular weight excluding hydrogens is 901 g/mol. The second-order valence-corrected chi connectivity index (χ2v) is 21.8. The number of H-pyrrole nitrogens is 1. The van der Waals surface area contributed by atoms with E-state index in [9.17, 15) is 34.3 Å². The van der Waals surface area contributed by atoms with Gasteiger partial charge in [-0.2, -0.15) is 5.26 Å². The van der Waals surface area contributed by atoms with Gasteiger partial charge in [-0.3, -0.25) is 24.0 Å². The number of nitrogens with one attached hydrogen (secondary N) is 4. The number of fused-ring (bicyclic) bond motifs is 4. The van der Waals surface area contributed by atoms with Gasteiger partial charge in [-0.1, -0.05) is 78.3 Å². The average Bonchev–Trinajstić information content (AvgIpc) is 4.07. The van der Waals surface area contributed by atoms with E-state index in [0.29, 0.717) is 36.8 Å². The lowest BCUT2D eigenvalue weighted by molar-refractivity contribution is -0.144. The minimum Gasteiger partial charge on any atom is -0.391 e. The van der Waals surface area contributed by atoms with Gasteiger partial charge in [-0.15, -0.1) is 11.3 Å². The number of rotatable bonds is 15. The molecule has 5 aromatic rings. The molecular formula is C55H66N8O6S. The van der Waals surface area contributed by atoms with Gasteiger partial charge in [0.05, 0.1) is 39.4 Å². The highest BCUT2D eigenvalue weighted by molar-refractivity contribution is 7.13. The second kappa shape index (κ2) is 20.5. The van der Waals surface area contributed by atoms with Gasteiger partial charge in [0.2, 0.25) is 23.6 Å². The van der Waals surface area contributed by atoms with Crippen molar-refractivity contribution < 1.29 is 29.1 Å². The maximum Gasteiger partial charge on any atom is 0.246 e. The van der Waals surface area contributed by atoms with Crippen LogP contribution in [0.25, 0.3) is 21.3 Å². The number of β-amino-alcohol motifs (C(OH)–C–C–N with tert-alkyl or cyclic N) is 1. The van der Waals surface area contributed by atoms with Crippen LogP contribution in [0, 0.1) is 23.7 Å². The molecule has 2 aromatic heterocycles. The van der Waals surface area contributed by atoms with Crippen molar-refractivity contribution >= 4 is 57.3 Å². The van der Waals surface area contributed by atoms with Gasteiger partial charge in [0.25, 0.3) is 0 Å². The highest BCUT2D eigenvalue weighted by atomic mass is 32.1. The Morgan fingerprint density at radius 3 is 2.37 bits per heavy atom. The Kier molecular flexibility index (Phi) is 14.7. The van der Waals surface area contributed by atoms with Crippen LogP contribution in [-0.4, -0.2) is 93.3 Å². The Balaban J connectivity index is 0.780. The molecule has 0 saturated carbocycles. The Bertz CT molecular complexity index is 2840. The summed E-state index contributed by atoms with van der Waals surface area (Å²) in [6.07, 6.45) is 3.98. The first-order chi connectivity index (χ1) is 33.4. The highest BCUT2D eigenvalue weighted by Gasteiger charge is 2.45. The third-order valence-electron chi connectivity index (χ3n) is 14.5. The number of anilines is 1. The first kappa shape index (κ1) is 50.0. The highest BCUT2D eigenvalue weighted by Crippen LogP contribution is 2.46. The molecule has 2 saturated heterocycles. The summed E-state index contributed by atoms with van der Waals surface area (Å²) in [5.41, 5.74) is 10.4. The van der Waals surface area contributed by atoms with Crippen LogP contribution in [0.3, 0.4) is 0 Å². The Hall–Kier alpha value is -6.37. The maximum absolute atomic E-state index is 14.1. The van der Waals surface area contributed by atoms with Crippen molar-refractivity contribution in [2.75, 3.05) is 24.5 Å². The van der Waals surface area contributed by atoms with Crippen LogP contribution in [-0.2, 0) is 37.6 Å². The standard InChI is InChI=1S/C55H66N8O6S/c1-8-35-25-40-41(55(6,7)50-47(48(40)67)39-19-16-34(28-56)24-42(39)60-50)27-43(35)62-22-20-37(21-23-62)59-45(65)12-10-9-11-13-46(66)61-51(54(3,4)5)53(69)63-30-38(64)26-44(63)52(68)57-29-33-14-17-36(18-15-33)49-32(2)58-31-70-49/h14-19,24-25,27,31,37-38,44,51,60,64H,8-13,20-23,26,29-30H2,1-7H3,(H,57,68)(H,59,65)(H,61,66)/t38-,44+,51?/m1/s1. The Labute approximate surface area is 414 Å². The lowest BCUT2D eigenvalue weighted by Crippen LogP contribution is -2.57. The zero-order valence-corrected chi connectivity index (χ0v) is 42.3. The third kappa shape index (κ3) is 10.4. The zero-order valence-electron chi connectivity index (χ0n) is 41.5. The number of aliphatic hydroxyl groups excluding tert-OH is 1. The second-order valence-electron chi connectivity index (χ2n) is 20.9. The molecule has 1 unspecified atom stereocenters. The predicted molar refractivity (Wildman–Crippen MR) is 273 cm³/mol. The number of hydrogen-bond donors (Lipinski definition) is 5. The number of carbonyl (C=O) groups is 5. The van der Waals surface area contributed by atoms with Crippen molar-refractivity contribution in [1.29, 1.82) is 5.26 Å². The lowest BCUT2D eigenvalue weighted by Gasteiger charge is -2.38. The number of carbonyl (C=O) groups excluding carboxylic acids is 5. The van der Waals surface area contributed by atoms with Crippen LogP contribution in [0.2, 0.25) is 0 Å². The molecule has 2 fully saturated rings. The molecule has 0 bridgehead atoms. The number of ketones is 1. The van der Waals surface area contributed by atoms with Crippen LogP contribution >= 0.6 is 11.3 Å². The van der Waals surface area contributed by atoms with Crippen molar-refractivity contribution in [3.8, 4) is 16.5 Å². The third-order valence-corrected chi connectivity index (χ3v) is 15.5. The lowest BCUT2D eigenvalue weighted by atomic mass is 9.70. The number of hydrogen-bond acceptors (Lipinski definition) is 10. The molecule has 0 radical (unpaired) electrons. The molecule has 4 heterocycles. The van der Waals surface area contributed by atoms with Gasteiger partial charge in [-0.05, 0) is 91.0 Å². The number of aryl methyl sites for hydroxylation is 2. The number of likely N-dealkylation sites (tertiary alicyclic amines) is 1. The van der Waals surface area contributed by atoms with Gasteiger partial charge >= 0.3 is 0 Å². The minimum atomic E-state index is -0.911. The normalized spacial score (nSPS) is 18.2. The van der Waals surface area contributed by atoms with Gasteiger partial charge in [-0.25, -0.2) is 4.98 Å². The summed E-state index contributed by atoms with van der Waals surface area (Å²) in [5.74, 6) is -1.04. The topological polar surface area (TPSA) is 201 Å². The minimum absolute atomic E-state index is 0.000589. The van der Waals surface area contributed by atoms with Crippen LogP contribution in [0.4, 0.5) is 5.69 Å². The summed E-state index contributed by atoms with van der Waals surface area (Å²) in [5, 5.41) is 30.1. The number of piperidine rings is 1. The number of aromatic nitrogens is 2. The number of nitrogens with zero attached hydrogens (tertiary/aromatic N) is 4. The average molecular weight is 967 g/mol. The first-order valence-corrected chi connectivity index (χ1v) is 25.6. The van der Waals surface area contributed by atoms with Gasteiger partial charge in [0.15, 0.2) is 5.78 Å². The SMILES string of the molecule is CCc1cc2c(cc1N1CCC(NC(=O)CCCCCC(=O)NC(C(=O)N3C[C@H](O)C[C@H]3C(=O)NCc3ccc(-c4scnc4C)cc3)C(C)(C)C)CC1)C(C)(C)c1[nH]c3cc(C#N)ccc3c1C2=O. The molecule has 3 aromatic carbocycles. The first-order valence-electron chi connectivity index (χ1n) is 24.8. The Morgan fingerprint density at radius 2 is 1.71 bits per heavy atom. The van der Waals surface area contributed by atoms with E-state index in [0.717, 1.165) is 93.0 Å². The summed E-state index contributed by atoms with van der Waals surface area (Å²) in [6.45, 7) is 15.8. The fourth-order valence-corrected chi connectivity index (χ4v) is 11.3. The molecule has 1 aliphatic carbocycles. The molecule has 14 nitrogen and oxygen atoms in total. The molecule has 368 valence electrons. The number of aliphatic hydroxyl groups is 1. The van der Waals surface area contributed by atoms with Crippen molar-refractivity contribution in [3.63, 3.8) is 0 Å². The Morgan fingerprint density at radius 1 is 1.00 bits per heavy atom. The predicted octanol–water partition coefficient (Wildman–Crippen LogP) is 7.75. The molecule has 5 N–H and O–H groups in total. The largest absolute Gasteiger partial charge is 0.391 e. The zero-order chi connectivity index (χ0) is 50.1. The van der Waals surface area contributed by atoms with Crippen molar-refractivity contribution in [1.82, 2.24) is 30.8 Å². The van der Waals surface area contributed by atoms with Gasteiger partial charge in [0, 0.05) is 84.7 Å². The number of thiazole rings is 1. The number of nitriles is 1. The molecule has 0 spiro atoms. The molecule has 3 atom stereocenters. The smallest absolute Gasteiger partial charge is 0.246 e. The monoisotopic (exact) mass is 966 g/mol. The van der Waals surface area contributed by atoms with E-state index in [4.69, 9.17) is 0 Å². The molecule has 2 aliphatic heterocycles. The number of amides is 4. The fourth-order valence-electron chi connectivity index (χ4n) is 10.5. The van der Waals surface area contributed by atoms with E-state index in [2.05, 4.69) is 69.8 Å². The molecule has 70 heavy (non-hydrogen) atoms. The van der Waals surface area contributed by atoms with Gasteiger partial charge < -0.3 is 35.8 Å². The molecule has 4 amide bonds. The van der Waals surface area contributed by atoms with Crippen molar-refractivity contribution in [2.24, 2.45) is 5.41 Å². The quantitative estimate of drug-likeness (QED) is 0.0651. The molecule has 8 rings (SSSR count). The van der Waals surface area contributed by atoms with Crippen LogP contribution in [0.15, 0.2) is 60.1 Å². The van der Waals surface area contributed by atoms with Crippen LogP contribution in [0.5, 0.6) is 0 Å². The van der Waals surface area contributed by atoms with E-state index < -0.39 is 34.9 Å². The number of unbranched alkanes of at least 4 members (excludes halogenated alkanes) is 2. The number of aromatic amines is 1. The summed E-state index contributed by atoms with van der Waals surface area (Å²) >= 11 is 1.58. The molecule has 15 heteroatoms. The fraction of sp³-hybridized carbons (Fsp3) is 0.473. The molecule has 3 aliphatic rings. The van der Waals surface area contributed by atoms with E-state index in [1.54, 1.807) is 17.4 Å². The van der Waals surface area contributed by atoms with Crippen LogP contribution < -0.4 is 20.9 Å². The van der Waals surface area contributed by atoms with Crippen LogP contribution in [0.1, 0.15) is 142 Å². The maximum atomic E-state index is 14.1. The van der Waals surface area contributed by atoms with Crippen molar-refractivity contribution in [2.45, 2.75) is 142 Å². The summed E-state index contributed by atoms with van der Waals surface area (Å²) < 4.78 is 0. The van der Waals surface area contributed by atoms with E-state index in [-0.39, 0.29) is 55.5 Å². The number of benzene rings is 3. The van der Waals surface area contributed by atoms with Crippen molar-refractivity contribution in [3.05, 3.63) is 105 Å².